The van der Waals surface area contributed by atoms with Gasteiger partial charge < -0.3 is 14.5 Å². The van der Waals surface area contributed by atoms with E-state index in [2.05, 4.69) is 0 Å². The quantitative estimate of drug-likeness (QED) is 0.633. The molecule has 0 spiro atoms. The minimum Gasteiger partial charge on any atom is -0.469 e. The van der Waals surface area contributed by atoms with E-state index >= 15 is 0 Å². The van der Waals surface area contributed by atoms with Crippen LogP contribution < -0.4 is 0 Å². The summed E-state index contributed by atoms with van der Waals surface area (Å²) in [5.41, 5.74) is -0.808. The van der Waals surface area contributed by atoms with Gasteiger partial charge in [0.15, 0.2) is 0 Å². The van der Waals surface area contributed by atoms with Gasteiger partial charge in [-0.15, -0.1) is 0 Å². The van der Waals surface area contributed by atoms with E-state index in [0.717, 1.165) is 6.54 Å². The van der Waals surface area contributed by atoms with Crippen molar-refractivity contribution in [2.45, 2.75) is 69.2 Å². The summed E-state index contributed by atoms with van der Waals surface area (Å²) in [5, 5.41) is 0. The SMILES string of the molecule is CC.CC.CC.CCN(CCN(C)C)C(=O)C(C)C(C)(C)C(=O)OC. The van der Waals surface area contributed by atoms with Crippen molar-refractivity contribution < 1.29 is 14.3 Å². The Hall–Kier alpha value is -1.10. The molecule has 154 valence electrons. The van der Waals surface area contributed by atoms with Crippen molar-refractivity contribution in [3.63, 3.8) is 0 Å². The Kier molecular flexibility index (Phi) is 24.3. The van der Waals surface area contributed by atoms with Crippen LogP contribution in [0.25, 0.3) is 0 Å². The van der Waals surface area contributed by atoms with Gasteiger partial charge in [0, 0.05) is 19.6 Å². The van der Waals surface area contributed by atoms with Crippen LogP contribution >= 0.6 is 0 Å². The molecule has 0 aromatic heterocycles. The summed E-state index contributed by atoms with van der Waals surface area (Å²) in [6.45, 7) is 21.4. The number of carbonyl (C=O) groups is 2. The first kappa shape index (κ1) is 31.6. The van der Waals surface area contributed by atoms with Crippen molar-refractivity contribution >= 4 is 11.9 Å². The molecular formula is C20H46N2O3. The molecule has 0 aromatic rings. The fourth-order valence-electron chi connectivity index (χ4n) is 1.77. The lowest BCUT2D eigenvalue weighted by Gasteiger charge is -2.32. The highest BCUT2D eigenvalue weighted by Gasteiger charge is 2.40. The van der Waals surface area contributed by atoms with Gasteiger partial charge in [-0.3, -0.25) is 9.59 Å². The minimum absolute atomic E-state index is 0.000231. The number of methoxy groups -OCH3 is 1. The second kappa shape index (κ2) is 19.2. The zero-order valence-electron chi connectivity index (χ0n) is 19.3. The van der Waals surface area contributed by atoms with Crippen LogP contribution in [-0.4, -0.2) is 62.5 Å². The van der Waals surface area contributed by atoms with E-state index < -0.39 is 11.3 Å². The molecular weight excluding hydrogens is 316 g/mol. The third kappa shape index (κ3) is 12.9. The molecule has 0 aliphatic carbocycles. The summed E-state index contributed by atoms with van der Waals surface area (Å²) in [4.78, 5) is 28.0. The molecule has 0 saturated heterocycles. The average Bonchev–Trinajstić information content (AvgIpc) is 2.65. The number of nitrogens with zero attached hydrogens (tertiary/aromatic N) is 2. The van der Waals surface area contributed by atoms with Gasteiger partial charge in [0.25, 0.3) is 0 Å². The topological polar surface area (TPSA) is 49.9 Å². The van der Waals surface area contributed by atoms with Crippen LogP contribution in [0, 0.1) is 11.3 Å². The number of hydrogen-bond donors (Lipinski definition) is 0. The van der Waals surface area contributed by atoms with Crippen LogP contribution in [0.3, 0.4) is 0 Å². The molecule has 0 aliphatic rings. The lowest BCUT2D eigenvalue weighted by molar-refractivity contribution is -0.159. The third-order valence-corrected chi connectivity index (χ3v) is 3.67. The molecule has 0 saturated carbocycles. The van der Waals surface area contributed by atoms with Crippen molar-refractivity contribution in [1.82, 2.24) is 9.80 Å². The van der Waals surface area contributed by atoms with Gasteiger partial charge in [-0.05, 0) is 34.9 Å². The van der Waals surface area contributed by atoms with Crippen LogP contribution in [0.15, 0.2) is 0 Å². The Labute approximate surface area is 158 Å². The van der Waals surface area contributed by atoms with Crippen LogP contribution in [-0.2, 0) is 14.3 Å². The fourth-order valence-corrected chi connectivity index (χ4v) is 1.77. The monoisotopic (exact) mass is 362 g/mol. The zero-order chi connectivity index (χ0) is 21.2. The van der Waals surface area contributed by atoms with E-state index in [1.165, 1.54) is 7.11 Å². The first-order valence-corrected chi connectivity index (χ1v) is 9.70. The maximum Gasteiger partial charge on any atom is 0.312 e. The normalized spacial score (nSPS) is 10.8. The van der Waals surface area contributed by atoms with E-state index in [1.807, 2.05) is 67.5 Å². The molecule has 0 rings (SSSR count). The van der Waals surface area contributed by atoms with Crippen LogP contribution in [0.2, 0.25) is 0 Å². The van der Waals surface area contributed by atoms with Gasteiger partial charge in [0.2, 0.25) is 5.91 Å². The Morgan fingerprint density at radius 1 is 0.960 bits per heavy atom. The second-order valence-electron chi connectivity index (χ2n) is 5.66. The molecule has 0 fully saturated rings. The third-order valence-electron chi connectivity index (χ3n) is 3.67. The smallest absolute Gasteiger partial charge is 0.312 e. The summed E-state index contributed by atoms with van der Waals surface area (Å²) in [6, 6.07) is 0. The molecule has 0 aromatic carbocycles. The van der Waals surface area contributed by atoms with E-state index in [1.54, 1.807) is 25.7 Å². The maximum atomic E-state index is 12.5. The van der Waals surface area contributed by atoms with E-state index in [-0.39, 0.29) is 11.9 Å². The molecule has 1 amide bonds. The minimum atomic E-state index is -0.808. The van der Waals surface area contributed by atoms with Crippen LogP contribution in [0.4, 0.5) is 0 Å². The van der Waals surface area contributed by atoms with Crippen molar-refractivity contribution in [3.8, 4) is 0 Å². The van der Waals surface area contributed by atoms with Gasteiger partial charge >= 0.3 is 5.97 Å². The first-order valence-electron chi connectivity index (χ1n) is 9.70. The Bertz CT molecular complexity index is 316. The van der Waals surface area contributed by atoms with Gasteiger partial charge in [-0.2, -0.15) is 0 Å². The molecule has 0 heterocycles. The predicted molar refractivity (Wildman–Crippen MR) is 110 cm³/mol. The molecule has 1 atom stereocenters. The number of amides is 1. The van der Waals surface area contributed by atoms with Crippen molar-refractivity contribution in [3.05, 3.63) is 0 Å². The number of esters is 1. The summed E-state index contributed by atoms with van der Waals surface area (Å²) in [6.07, 6.45) is 0. The molecule has 5 nitrogen and oxygen atoms in total. The Balaban J connectivity index is -0.000000329. The largest absolute Gasteiger partial charge is 0.469 e. The van der Waals surface area contributed by atoms with Crippen molar-refractivity contribution in [2.24, 2.45) is 11.3 Å². The Morgan fingerprint density at radius 2 is 1.36 bits per heavy atom. The van der Waals surface area contributed by atoms with Crippen LogP contribution in [0.1, 0.15) is 69.2 Å². The molecule has 1 unspecified atom stereocenters. The zero-order valence-corrected chi connectivity index (χ0v) is 19.3. The highest BCUT2D eigenvalue weighted by molar-refractivity contribution is 5.87. The summed E-state index contributed by atoms with van der Waals surface area (Å²) < 4.78 is 4.78. The first-order chi connectivity index (χ1) is 11.7. The number of hydrogen-bond acceptors (Lipinski definition) is 4. The van der Waals surface area contributed by atoms with Gasteiger partial charge in [0.05, 0.1) is 18.4 Å². The van der Waals surface area contributed by atoms with Gasteiger partial charge in [-0.25, -0.2) is 0 Å². The van der Waals surface area contributed by atoms with Crippen LogP contribution in [0.5, 0.6) is 0 Å². The molecule has 0 N–H and O–H groups in total. The average molecular weight is 363 g/mol. The summed E-state index contributed by atoms with van der Waals surface area (Å²) in [7, 11) is 5.30. The maximum absolute atomic E-state index is 12.5. The standard InChI is InChI=1S/C14H28N2O3.3C2H6/c1-8-16(10-9-15(5)6)12(17)11(2)14(3,4)13(18)19-7;3*1-2/h11H,8-10H2,1-7H3;3*1-2H3. The van der Waals surface area contributed by atoms with Crippen molar-refractivity contribution in [1.29, 1.82) is 0 Å². The Morgan fingerprint density at radius 3 is 1.64 bits per heavy atom. The lowest BCUT2D eigenvalue weighted by Crippen LogP contribution is -2.46. The van der Waals surface area contributed by atoms with E-state index in [0.29, 0.717) is 13.1 Å². The summed E-state index contributed by atoms with van der Waals surface area (Å²) in [5.74, 6) is -0.751. The van der Waals surface area contributed by atoms with E-state index in [4.69, 9.17) is 4.74 Å². The second-order valence-corrected chi connectivity index (χ2v) is 5.66. The molecule has 0 radical (unpaired) electrons. The van der Waals surface area contributed by atoms with Gasteiger partial charge in [0.1, 0.15) is 0 Å². The summed E-state index contributed by atoms with van der Waals surface area (Å²) >= 11 is 0. The number of ether oxygens (including phenoxy) is 1. The van der Waals surface area contributed by atoms with Crippen molar-refractivity contribution in [2.75, 3.05) is 40.8 Å². The number of carbonyl (C=O) groups excluding carboxylic acids is 2. The highest BCUT2D eigenvalue weighted by atomic mass is 16.5. The van der Waals surface area contributed by atoms with Gasteiger partial charge in [-0.1, -0.05) is 48.5 Å². The molecule has 0 bridgehead atoms. The highest BCUT2D eigenvalue weighted by Crippen LogP contribution is 2.29. The lowest BCUT2D eigenvalue weighted by atomic mass is 9.79. The predicted octanol–water partition coefficient (Wildman–Crippen LogP) is 4.31. The molecule has 5 heteroatoms. The molecule has 25 heavy (non-hydrogen) atoms. The number of likely N-dealkylation sites (N-methyl/N-ethyl adjacent to an activating group) is 2. The fraction of sp³-hybridized carbons (Fsp3) is 0.900. The van der Waals surface area contributed by atoms with E-state index in [9.17, 15) is 9.59 Å². The molecule has 0 aliphatic heterocycles. The number of rotatable bonds is 7.